The third-order valence-electron chi connectivity index (χ3n) is 22.4. The molecule has 38 N–H and O–H groups in total. The first-order valence-corrected chi connectivity index (χ1v) is 46.5. The zero-order valence-corrected chi connectivity index (χ0v) is 79.3. The minimum atomic E-state index is -1.96. The number of nitrogens with zero attached hydrogens (tertiary/aromatic N) is 1. The summed E-state index contributed by atoms with van der Waals surface area (Å²) in [6, 6.07) is -4.92. The van der Waals surface area contributed by atoms with Crippen molar-refractivity contribution < 1.29 is 102 Å². The van der Waals surface area contributed by atoms with Crippen LogP contribution in [0.2, 0.25) is 0 Å². The van der Waals surface area contributed by atoms with Crippen molar-refractivity contribution in [2.24, 2.45) is 57.7 Å². The van der Waals surface area contributed by atoms with Crippen LogP contribution in [-0.2, 0) is 101 Å². The van der Waals surface area contributed by atoms with E-state index in [4.69, 9.17) is 56.7 Å². The van der Waals surface area contributed by atoms with E-state index in [1.165, 1.54) is 53.4 Å². The van der Waals surface area contributed by atoms with Gasteiger partial charge in [-0.05, 0) is 163 Å². The highest BCUT2D eigenvalue weighted by atomic mass is 32.1. The predicted molar refractivity (Wildman–Crippen MR) is 511 cm³/mol. The average molecular weight is 1960 g/mol. The molecule has 137 heavy (non-hydrogen) atoms. The summed E-state index contributed by atoms with van der Waals surface area (Å²) >= 11 is 8.60. The highest BCUT2D eigenvalue weighted by Crippen LogP contribution is 2.23. The molecule has 0 radical (unpaired) electrons. The van der Waals surface area contributed by atoms with Gasteiger partial charge in [0.05, 0.1) is 18.6 Å². The van der Waals surface area contributed by atoms with Crippen LogP contribution >= 0.6 is 25.3 Å². The molecule has 50 heteroatoms. The van der Waals surface area contributed by atoms with Gasteiger partial charge in [-0.3, -0.25) is 87.5 Å². The van der Waals surface area contributed by atoms with E-state index in [0.29, 0.717) is 42.4 Å². The number of aromatic hydroxyl groups is 2. The van der Waals surface area contributed by atoms with E-state index >= 15 is 0 Å². The van der Waals surface area contributed by atoms with Crippen molar-refractivity contribution in [3.63, 3.8) is 0 Å². The number of unbranched alkanes of at least 4 members (excludes halogenated alkanes) is 1. The first-order valence-electron chi connectivity index (χ1n) is 45.2. The van der Waals surface area contributed by atoms with Crippen molar-refractivity contribution in [3.8, 4) is 11.5 Å². The molecule has 18 atom stereocenters. The number of benzene rings is 3. The lowest BCUT2D eigenvalue weighted by Crippen LogP contribution is -2.62. The number of guanidine groups is 2. The molecule has 4 rings (SSSR count). The summed E-state index contributed by atoms with van der Waals surface area (Å²) in [5.74, 6) is -20.2. The lowest BCUT2D eigenvalue weighted by atomic mass is 9.96. The number of primary amides is 1. The number of carbonyl (C=O) groups excluding carboxylic acids is 16. The number of likely N-dealkylation sites (tertiary alicyclic amines) is 1. The van der Waals surface area contributed by atoms with Gasteiger partial charge < -0.3 is 156 Å². The molecule has 48 nitrogen and oxygen atoms in total. The lowest BCUT2D eigenvalue weighted by molar-refractivity contribution is -0.142. The van der Waals surface area contributed by atoms with Gasteiger partial charge in [-0.15, -0.1) is 0 Å². The molecule has 0 unspecified atom stereocenters. The molecule has 0 aromatic heterocycles. The molecule has 0 aliphatic carbocycles. The van der Waals surface area contributed by atoms with Crippen LogP contribution in [-0.4, -0.2) is 298 Å². The Kier molecular flexibility index (Phi) is 51.6. The van der Waals surface area contributed by atoms with Gasteiger partial charge in [0.1, 0.15) is 102 Å². The van der Waals surface area contributed by atoms with Gasteiger partial charge in [0.25, 0.3) is 0 Å². The van der Waals surface area contributed by atoms with Crippen molar-refractivity contribution >= 4 is 138 Å². The van der Waals surface area contributed by atoms with Crippen LogP contribution < -0.4 is 131 Å². The number of amides is 16. The lowest BCUT2D eigenvalue weighted by Gasteiger charge is -2.31. The van der Waals surface area contributed by atoms with Gasteiger partial charge in [0, 0.05) is 50.4 Å². The Balaban J connectivity index is 1.57. The van der Waals surface area contributed by atoms with E-state index in [-0.39, 0.29) is 134 Å². The zero-order chi connectivity index (χ0) is 102. The molecule has 1 fully saturated rings. The second-order valence-corrected chi connectivity index (χ2v) is 34.3. The first-order chi connectivity index (χ1) is 64.9. The number of aliphatic hydroxyl groups is 1. The number of nitrogens with one attached hydrogen (secondary N) is 18. The normalized spacial score (nSPS) is 16.0. The number of phenolic OH excluding ortho intramolecular Hbond substituents is 2. The van der Waals surface area contributed by atoms with E-state index < -0.39 is 245 Å². The highest BCUT2D eigenvalue weighted by molar-refractivity contribution is 7.80. The predicted octanol–water partition coefficient (Wildman–Crippen LogP) is -8.16. The van der Waals surface area contributed by atoms with Crippen LogP contribution in [0.15, 0.2) is 78.9 Å². The maximum Gasteiger partial charge on any atom is 0.326 e. The standard InChI is InChI=1S/C87H139N27O21S2/c1-6-46(4)68(112-81(130)65-20-14-38-114(65)84(133)67(93)45(2)3)82(131)108-60(39-48-15-8-7-9-16-48)76(125)106-59(40-49-21-25-51(116)26-22-49)77(126)111-64(44-137)80(129)107-61(42-66(92)118)78(127)102-54(18-12-36-98-86(94)95)70(119)103-58(31-35-91)75(124)113-69(47(5)115)83(132)105-57(30-34-90)74(123)100-53(17-10-11-32-88)72(121)110-63(43-136)79(128)104-56(29-33-89)73(122)101-55(19-13-37-99-87(96)97)71(120)109-62(85(134)135)41-50-23-27-52(117)28-24-50/h7-9,15-16,21-28,45-47,53-65,67-69,115-117,136-137H,6,10-14,17-20,29-44,88-91,93H2,1-5H3,(H2,92,118)(H,100,123)(H,101,122)(H,102,127)(H,103,119)(H,104,128)(H,105,132)(H,106,125)(H,107,129)(H,108,131)(H,109,120)(H,110,121)(H,111,126)(H,112,130)(H,113,124)(H,134,135)(H4,94,95,98)(H4,96,97,99)/t46-,47+,53-,54-,55-,56-,57+,58-,59-,60-,61-,62-,63-,64-,65-,67-,68-,69-/m0/s1. The minimum absolute atomic E-state index is 0.0446. The summed E-state index contributed by atoms with van der Waals surface area (Å²) in [6.07, 6.45) is -3.44. The van der Waals surface area contributed by atoms with E-state index in [1.807, 2.05) is 0 Å². The molecule has 1 saturated heterocycles. The Bertz CT molecular complexity index is 4530. The molecular weight excluding hydrogens is 1820 g/mol. The van der Waals surface area contributed by atoms with Crippen molar-refractivity contribution in [2.45, 2.75) is 247 Å². The molecule has 1 heterocycles. The molecule has 3 aromatic rings. The van der Waals surface area contributed by atoms with E-state index in [2.05, 4.69) is 110 Å². The summed E-state index contributed by atoms with van der Waals surface area (Å²) in [6.45, 7) is 7.60. The van der Waals surface area contributed by atoms with Crippen LogP contribution in [0.4, 0.5) is 0 Å². The molecule has 1 aliphatic rings. The molecule has 16 amide bonds. The Morgan fingerprint density at radius 1 is 0.416 bits per heavy atom. The van der Waals surface area contributed by atoms with Crippen LogP contribution in [0, 0.1) is 22.7 Å². The Morgan fingerprint density at radius 3 is 1.13 bits per heavy atom. The van der Waals surface area contributed by atoms with Crippen LogP contribution in [0.3, 0.4) is 0 Å². The van der Waals surface area contributed by atoms with Gasteiger partial charge >= 0.3 is 5.97 Å². The quantitative estimate of drug-likeness (QED) is 0.0108. The number of hydrogen-bond donors (Lipinski definition) is 32. The van der Waals surface area contributed by atoms with Gasteiger partial charge in [-0.2, -0.15) is 25.3 Å². The SMILES string of the molecule is CC[C@H](C)[C@H](NC(=O)[C@@H]1CCCN1C(=O)[C@@H](N)C(C)C)C(=O)N[C@@H](Cc1ccccc1)C(=O)N[C@@H](Cc1ccc(O)cc1)C(=O)N[C@@H](CS)C(=O)N[C@@H](CC(N)=O)C(=O)N[C@@H](CCCNC(=N)N)C(=O)N[C@@H](CCN)C(=O)N[C@H](C(=O)N[C@H](CCN)C(=O)N[C@@H](CCCCN)C(=O)N[C@@H](CS)C(=O)N[C@@H](CCN)C(=O)N[C@@H](CCCNC(=N)N)C(=O)N[C@@H](Cc1ccc(O)cc1)C(=O)O)[C@@H](C)O. The summed E-state index contributed by atoms with van der Waals surface area (Å²) < 4.78 is 0. The van der Waals surface area contributed by atoms with Gasteiger partial charge in [-0.25, -0.2) is 4.79 Å². The summed E-state index contributed by atoms with van der Waals surface area (Å²) in [5.41, 5.74) is 47.7. The fourth-order valence-corrected chi connectivity index (χ4v) is 14.8. The van der Waals surface area contributed by atoms with Crippen molar-refractivity contribution in [1.82, 2.24) is 90.0 Å². The van der Waals surface area contributed by atoms with Crippen LogP contribution in [0.25, 0.3) is 0 Å². The summed E-state index contributed by atoms with van der Waals surface area (Å²) in [4.78, 5) is 242. The van der Waals surface area contributed by atoms with E-state index in [9.17, 15) is 102 Å². The van der Waals surface area contributed by atoms with Crippen molar-refractivity contribution in [3.05, 3.63) is 95.6 Å². The van der Waals surface area contributed by atoms with Gasteiger partial charge in [0.15, 0.2) is 11.9 Å². The summed E-state index contributed by atoms with van der Waals surface area (Å²) in [7, 11) is 0. The Hall–Kier alpha value is -12.7. The number of phenols is 2. The second kappa shape index (κ2) is 60.7. The number of hydrogen-bond acceptors (Lipinski definition) is 29. The third-order valence-corrected chi connectivity index (χ3v) is 23.1. The monoisotopic (exact) mass is 1960 g/mol. The number of thiol groups is 2. The number of rotatable bonds is 62. The fourth-order valence-electron chi connectivity index (χ4n) is 14.3. The Labute approximate surface area is 805 Å². The van der Waals surface area contributed by atoms with Gasteiger partial charge in [0.2, 0.25) is 94.5 Å². The smallest absolute Gasteiger partial charge is 0.326 e. The van der Waals surface area contributed by atoms with Crippen molar-refractivity contribution in [1.29, 1.82) is 10.8 Å². The van der Waals surface area contributed by atoms with Crippen LogP contribution in [0.1, 0.15) is 141 Å². The Morgan fingerprint density at radius 2 is 0.752 bits per heavy atom. The van der Waals surface area contributed by atoms with Crippen LogP contribution in [0.5, 0.6) is 11.5 Å². The maximum absolute atomic E-state index is 14.9. The second-order valence-electron chi connectivity index (χ2n) is 33.6. The largest absolute Gasteiger partial charge is 0.508 e. The fraction of sp³-hybridized carbons (Fsp3) is 0.575. The third kappa shape index (κ3) is 40.6. The molecular formula is C87H139N27O21S2. The maximum atomic E-state index is 14.9. The number of carboxylic acids is 1. The molecule has 760 valence electrons. The topological polar surface area (TPSA) is 823 Å². The molecule has 0 bridgehead atoms. The van der Waals surface area contributed by atoms with E-state index in [0.717, 1.165) is 6.92 Å². The molecule has 0 saturated carbocycles. The number of aliphatic carboxylic acids is 1. The van der Waals surface area contributed by atoms with Gasteiger partial charge in [-0.1, -0.05) is 88.7 Å². The van der Waals surface area contributed by atoms with Crippen molar-refractivity contribution in [2.75, 3.05) is 57.3 Å². The molecule has 0 spiro atoms. The number of carbonyl (C=O) groups is 17. The molecule has 3 aromatic carbocycles. The zero-order valence-electron chi connectivity index (χ0n) is 77.5. The summed E-state index contributed by atoms with van der Waals surface area (Å²) in [5, 5.41) is 96.7. The number of aliphatic hydroxyl groups excluding tert-OH is 1. The number of nitrogens with two attached hydrogens (primary N) is 8. The van der Waals surface area contributed by atoms with E-state index in [1.54, 1.807) is 58.0 Å². The molecule has 1 aliphatic heterocycles. The first kappa shape index (κ1) is 117. The highest BCUT2D eigenvalue weighted by Gasteiger charge is 2.43. The minimum Gasteiger partial charge on any atom is -0.508 e. The average Bonchev–Trinajstić information content (AvgIpc) is 1.70. The number of carboxylic acid groups (broad SMARTS) is 1.